The summed E-state index contributed by atoms with van der Waals surface area (Å²) in [5.41, 5.74) is 1.65. The van der Waals surface area contributed by atoms with Crippen LogP contribution in [0.25, 0.3) is 0 Å². The Bertz CT molecular complexity index is 481. The van der Waals surface area contributed by atoms with E-state index >= 15 is 0 Å². The van der Waals surface area contributed by atoms with Gasteiger partial charge in [-0.05, 0) is 41.8 Å². The van der Waals surface area contributed by atoms with Crippen LogP contribution in [0.1, 0.15) is 24.8 Å². The fourth-order valence-electron chi connectivity index (χ4n) is 1.58. The fraction of sp³-hybridized carbons (Fsp3) is 0.385. The number of terminal acetylenes is 1. The highest BCUT2D eigenvalue weighted by Crippen LogP contribution is 2.30. The Kier molecular flexibility index (Phi) is 5.66. The standard InChI is InChI=1S/C13H15BrN2O2/c1-3-4-5-6-7-15-12-8-10(2)13(16(17)18)9-11(12)14/h1,8-9,15H,4-7H2,2H3. The number of nitro benzene ring substituents is 1. The Hall–Kier alpha value is -1.54. The van der Waals surface area contributed by atoms with Gasteiger partial charge in [0.05, 0.1) is 4.92 Å². The van der Waals surface area contributed by atoms with Gasteiger partial charge < -0.3 is 5.32 Å². The highest BCUT2D eigenvalue weighted by molar-refractivity contribution is 9.10. The first-order valence-corrected chi connectivity index (χ1v) is 6.47. The minimum absolute atomic E-state index is 0.125. The van der Waals surface area contributed by atoms with E-state index in [0.29, 0.717) is 10.0 Å². The van der Waals surface area contributed by atoms with Crippen LogP contribution in [0.4, 0.5) is 11.4 Å². The van der Waals surface area contributed by atoms with Gasteiger partial charge >= 0.3 is 0 Å². The van der Waals surface area contributed by atoms with E-state index in [9.17, 15) is 10.1 Å². The van der Waals surface area contributed by atoms with Crippen molar-refractivity contribution in [2.45, 2.75) is 26.2 Å². The van der Waals surface area contributed by atoms with Crippen molar-refractivity contribution in [3.05, 3.63) is 32.3 Å². The van der Waals surface area contributed by atoms with Crippen LogP contribution in [0.5, 0.6) is 0 Å². The zero-order valence-corrected chi connectivity index (χ0v) is 11.8. The molecule has 0 saturated carbocycles. The van der Waals surface area contributed by atoms with Gasteiger partial charge in [0.25, 0.3) is 5.69 Å². The van der Waals surface area contributed by atoms with Gasteiger partial charge in [-0.1, -0.05) is 0 Å². The SMILES string of the molecule is C#CCCCCNc1cc(C)c([N+](=O)[O-])cc1Br. The minimum Gasteiger partial charge on any atom is -0.384 e. The van der Waals surface area contributed by atoms with Crippen molar-refractivity contribution >= 4 is 27.3 Å². The summed E-state index contributed by atoms with van der Waals surface area (Å²) in [6.07, 6.45) is 7.91. The molecule has 1 aromatic carbocycles. The highest BCUT2D eigenvalue weighted by Gasteiger charge is 2.13. The summed E-state index contributed by atoms with van der Waals surface area (Å²) < 4.78 is 0.705. The van der Waals surface area contributed by atoms with E-state index in [-0.39, 0.29) is 10.6 Å². The molecule has 0 atom stereocenters. The summed E-state index contributed by atoms with van der Waals surface area (Å²) in [7, 11) is 0. The maximum Gasteiger partial charge on any atom is 0.273 e. The predicted octanol–water partition coefficient (Wildman–Crippen LogP) is 3.88. The lowest BCUT2D eigenvalue weighted by Crippen LogP contribution is -2.03. The molecule has 0 radical (unpaired) electrons. The van der Waals surface area contributed by atoms with Crippen LogP contribution >= 0.6 is 15.9 Å². The molecule has 0 spiro atoms. The lowest BCUT2D eigenvalue weighted by molar-refractivity contribution is -0.385. The summed E-state index contributed by atoms with van der Waals surface area (Å²) in [5, 5.41) is 14.0. The average Bonchev–Trinajstić information content (AvgIpc) is 2.32. The van der Waals surface area contributed by atoms with Gasteiger partial charge in [0.15, 0.2) is 0 Å². The number of hydrogen-bond donors (Lipinski definition) is 1. The van der Waals surface area contributed by atoms with Crippen molar-refractivity contribution < 1.29 is 4.92 Å². The Balaban J connectivity index is 2.65. The Morgan fingerprint density at radius 2 is 2.22 bits per heavy atom. The summed E-state index contributed by atoms with van der Waals surface area (Å²) in [6, 6.07) is 3.31. The molecule has 5 heteroatoms. The third-order valence-electron chi connectivity index (χ3n) is 2.55. The Labute approximate surface area is 115 Å². The first-order valence-electron chi connectivity index (χ1n) is 5.68. The van der Waals surface area contributed by atoms with Gasteiger partial charge in [-0.3, -0.25) is 10.1 Å². The van der Waals surface area contributed by atoms with Crippen molar-refractivity contribution in [1.82, 2.24) is 0 Å². The fourth-order valence-corrected chi connectivity index (χ4v) is 2.05. The molecule has 18 heavy (non-hydrogen) atoms. The molecule has 0 saturated heterocycles. The zero-order valence-electron chi connectivity index (χ0n) is 10.2. The first kappa shape index (κ1) is 14.5. The van der Waals surface area contributed by atoms with Crippen molar-refractivity contribution in [1.29, 1.82) is 0 Å². The average molecular weight is 311 g/mol. The molecule has 0 aliphatic heterocycles. The highest BCUT2D eigenvalue weighted by atomic mass is 79.9. The third kappa shape index (κ3) is 4.04. The van der Waals surface area contributed by atoms with E-state index in [0.717, 1.165) is 31.5 Å². The van der Waals surface area contributed by atoms with Crippen LogP contribution < -0.4 is 5.32 Å². The number of anilines is 1. The number of unbranched alkanes of at least 4 members (excludes halogenated alkanes) is 2. The van der Waals surface area contributed by atoms with Crippen molar-refractivity contribution in [3.8, 4) is 12.3 Å². The summed E-state index contributed by atoms with van der Waals surface area (Å²) in [4.78, 5) is 10.4. The maximum atomic E-state index is 10.8. The van der Waals surface area contributed by atoms with Crippen molar-refractivity contribution in [2.75, 3.05) is 11.9 Å². The molecular weight excluding hydrogens is 296 g/mol. The van der Waals surface area contributed by atoms with E-state index in [1.165, 1.54) is 6.07 Å². The first-order chi connectivity index (χ1) is 8.56. The van der Waals surface area contributed by atoms with Gasteiger partial charge in [-0.15, -0.1) is 12.3 Å². The van der Waals surface area contributed by atoms with E-state index in [1.54, 1.807) is 13.0 Å². The van der Waals surface area contributed by atoms with Gasteiger partial charge in [0, 0.05) is 34.8 Å². The lowest BCUT2D eigenvalue weighted by atomic mass is 10.1. The molecule has 96 valence electrons. The van der Waals surface area contributed by atoms with Gasteiger partial charge in [-0.2, -0.15) is 0 Å². The van der Waals surface area contributed by atoms with E-state index < -0.39 is 0 Å². The molecule has 1 aromatic rings. The molecule has 1 N–H and O–H groups in total. The molecule has 0 bridgehead atoms. The number of rotatable bonds is 6. The van der Waals surface area contributed by atoms with Gasteiger partial charge in [-0.25, -0.2) is 0 Å². The third-order valence-corrected chi connectivity index (χ3v) is 3.20. The largest absolute Gasteiger partial charge is 0.384 e. The number of hydrogen-bond acceptors (Lipinski definition) is 3. The maximum absolute atomic E-state index is 10.8. The van der Waals surface area contributed by atoms with Gasteiger partial charge in [0.2, 0.25) is 0 Å². The molecule has 0 fully saturated rings. The molecular formula is C13H15BrN2O2. The second kappa shape index (κ2) is 7.02. The van der Waals surface area contributed by atoms with Crippen molar-refractivity contribution in [2.24, 2.45) is 0 Å². The topological polar surface area (TPSA) is 55.2 Å². The molecule has 1 rings (SSSR count). The lowest BCUT2D eigenvalue weighted by Gasteiger charge is -2.09. The molecule has 0 unspecified atom stereocenters. The number of aryl methyl sites for hydroxylation is 1. The molecule has 0 aliphatic carbocycles. The van der Waals surface area contributed by atoms with E-state index in [2.05, 4.69) is 27.2 Å². The van der Waals surface area contributed by atoms with E-state index in [1.807, 2.05) is 0 Å². The Morgan fingerprint density at radius 3 is 2.83 bits per heavy atom. The van der Waals surface area contributed by atoms with Crippen LogP contribution in [-0.4, -0.2) is 11.5 Å². The van der Waals surface area contributed by atoms with Gasteiger partial charge in [0.1, 0.15) is 0 Å². The van der Waals surface area contributed by atoms with Crippen LogP contribution in [0.3, 0.4) is 0 Å². The summed E-state index contributed by atoms with van der Waals surface area (Å²) in [6.45, 7) is 2.53. The number of nitrogens with one attached hydrogen (secondary N) is 1. The summed E-state index contributed by atoms with van der Waals surface area (Å²) >= 11 is 3.33. The number of halogens is 1. The minimum atomic E-state index is -0.378. The van der Waals surface area contributed by atoms with Crippen LogP contribution in [-0.2, 0) is 0 Å². The predicted molar refractivity (Wildman–Crippen MR) is 76.7 cm³/mol. The molecule has 4 nitrogen and oxygen atoms in total. The number of nitrogens with zero attached hydrogens (tertiary/aromatic N) is 1. The van der Waals surface area contributed by atoms with Crippen molar-refractivity contribution in [3.63, 3.8) is 0 Å². The Morgan fingerprint density at radius 1 is 1.50 bits per heavy atom. The zero-order chi connectivity index (χ0) is 13.5. The monoisotopic (exact) mass is 310 g/mol. The van der Waals surface area contributed by atoms with Crippen LogP contribution in [0.2, 0.25) is 0 Å². The molecule has 0 heterocycles. The normalized spacial score (nSPS) is 9.83. The smallest absolute Gasteiger partial charge is 0.273 e. The second-order valence-electron chi connectivity index (χ2n) is 3.96. The molecule has 0 aliphatic rings. The summed E-state index contributed by atoms with van der Waals surface area (Å²) in [5.74, 6) is 2.59. The van der Waals surface area contributed by atoms with E-state index in [4.69, 9.17) is 6.42 Å². The molecule has 0 aromatic heterocycles. The van der Waals surface area contributed by atoms with Crippen LogP contribution in [0.15, 0.2) is 16.6 Å². The second-order valence-corrected chi connectivity index (χ2v) is 4.82. The number of nitro groups is 1. The van der Waals surface area contributed by atoms with Crippen LogP contribution in [0, 0.1) is 29.4 Å². The number of benzene rings is 1. The molecule has 0 amide bonds. The quantitative estimate of drug-likeness (QED) is 0.375.